The summed E-state index contributed by atoms with van der Waals surface area (Å²) in [6.45, 7) is 6.05. The number of nitrogens with zero attached hydrogens (tertiary/aromatic N) is 1. The predicted molar refractivity (Wildman–Crippen MR) is 61.0 cm³/mol. The molecule has 0 aromatic rings. The Bertz CT molecular complexity index is 269. The van der Waals surface area contributed by atoms with Crippen molar-refractivity contribution in [2.45, 2.75) is 32.7 Å². The van der Waals surface area contributed by atoms with Gasteiger partial charge in [0.1, 0.15) is 0 Å². The molecule has 1 amide bonds. The quantitative estimate of drug-likeness (QED) is 0.684. The van der Waals surface area contributed by atoms with E-state index >= 15 is 0 Å². The Morgan fingerprint density at radius 1 is 1.60 bits per heavy atom. The Kier molecular flexibility index (Phi) is 4.16. The maximum atomic E-state index is 11.8. The standard InChI is InChI=1S/C12H20N2O/c1-4-5-11(13)12(15)14-7-6-9(2)10(3)8-14/h1,9-11H,5-8,13H2,2-3H3. The molecule has 3 atom stereocenters. The van der Waals surface area contributed by atoms with E-state index in [0.717, 1.165) is 19.5 Å². The number of carbonyl (C=O) groups excluding carboxylic acids is 1. The van der Waals surface area contributed by atoms with Gasteiger partial charge in [-0.1, -0.05) is 13.8 Å². The van der Waals surface area contributed by atoms with Gasteiger partial charge in [-0.2, -0.15) is 0 Å². The number of carbonyl (C=O) groups is 1. The maximum absolute atomic E-state index is 11.8. The van der Waals surface area contributed by atoms with Crippen LogP contribution in [0.25, 0.3) is 0 Å². The zero-order chi connectivity index (χ0) is 11.4. The summed E-state index contributed by atoms with van der Waals surface area (Å²) in [6.07, 6.45) is 6.54. The van der Waals surface area contributed by atoms with E-state index in [4.69, 9.17) is 12.2 Å². The lowest BCUT2D eigenvalue weighted by Gasteiger charge is -2.36. The van der Waals surface area contributed by atoms with E-state index in [1.54, 1.807) is 0 Å². The van der Waals surface area contributed by atoms with Crippen molar-refractivity contribution in [1.29, 1.82) is 0 Å². The van der Waals surface area contributed by atoms with E-state index in [0.29, 0.717) is 18.3 Å². The van der Waals surface area contributed by atoms with Gasteiger partial charge in [-0.3, -0.25) is 4.79 Å². The number of piperidine rings is 1. The number of hydrogen-bond acceptors (Lipinski definition) is 2. The zero-order valence-electron chi connectivity index (χ0n) is 9.57. The number of terminal acetylenes is 1. The molecule has 0 bridgehead atoms. The fraction of sp³-hybridized carbons (Fsp3) is 0.750. The molecule has 0 aromatic carbocycles. The third kappa shape index (κ3) is 2.97. The van der Waals surface area contributed by atoms with Crippen molar-refractivity contribution in [2.75, 3.05) is 13.1 Å². The fourth-order valence-electron chi connectivity index (χ4n) is 1.91. The average Bonchev–Trinajstić information content (AvgIpc) is 2.21. The molecule has 1 saturated heterocycles. The molecule has 0 aromatic heterocycles. The van der Waals surface area contributed by atoms with Gasteiger partial charge in [-0.15, -0.1) is 12.3 Å². The van der Waals surface area contributed by atoms with Crippen LogP contribution in [-0.2, 0) is 4.79 Å². The van der Waals surface area contributed by atoms with Crippen LogP contribution in [0.5, 0.6) is 0 Å². The van der Waals surface area contributed by atoms with Crippen molar-refractivity contribution in [1.82, 2.24) is 4.90 Å². The molecule has 1 fully saturated rings. The molecule has 15 heavy (non-hydrogen) atoms. The topological polar surface area (TPSA) is 46.3 Å². The third-order valence-electron chi connectivity index (χ3n) is 3.30. The SMILES string of the molecule is C#CCC(N)C(=O)N1CCC(C)C(C)C1. The van der Waals surface area contributed by atoms with Crippen LogP contribution in [-0.4, -0.2) is 29.9 Å². The highest BCUT2D eigenvalue weighted by atomic mass is 16.2. The molecule has 0 spiro atoms. The zero-order valence-corrected chi connectivity index (χ0v) is 9.57. The molecule has 0 radical (unpaired) electrons. The number of nitrogens with two attached hydrogens (primary N) is 1. The van der Waals surface area contributed by atoms with E-state index in [9.17, 15) is 4.79 Å². The Hall–Kier alpha value is -1.01. The van der Waals surface area contributed by atoms with Gasteiger partial charge in [0.05, 0.1) is 6.04 Å². The van der Waals surface area contributed by atoms with Crippen LogP contribution in [0.15, 0.2) is 0 Å². The summed E-state index contributed by atoms with van der Waals surface area (Å²) in [5, 5.41) is 0. The van der Waals surface area contributed by atoms with Gasteiger partial charge >= 0.3 is 0 Å². The summed E-state index contributed by atoms with van der Waals surface area (Å²) in [6, 6.07) is -0.518. The number of rotatable bonds is 2. The van der Waals surface area contributed by atoms with Crippen molar-refractivity contribution >= 4 is 5.91 Å². The van der Waals surface area contributed by atoms with Gasteiger partial charge in [-0.25, -0.2) is 0 Å². The summed E-state index contributed by atoms with van der Waals surface area (Å²) in [5.74, 6) is 3.69. The van der Waals surface area contributed by atoms with Crippen molar-refractivity contribution in [3.8, 4) is 12.3 Å². The molecule has 3 nitrogen and oxygen atoms in total. The largest absolute Gasteiger partial charge is 0.341 e. The highest BCUT2D eigenvalue weighted by Crippen LogP contribution is 2.22. The van der Waals surface area contributed by atoms with Crippen LogP contribution < -0.4 is 5.73 Å². The minimum Gasteiger partial charge on any atom is -0.341 e. The van der Waals surface area contributed by atoms with Gasteiger partial charge in [0.25, 0.3) is 0 Å². The number of likely N-dealkylation sites (tertiary alicyclic amines) is 1. The van der Waals surface area contributed by atoms with Crippen LogP contribution >= 0.6 is 0 Å². The van der Waals surface area contributed by atoms with E-state index in [1.807, 2.05) is 4.90 Å². The van der Waals surface area contributed by atoms with Crippen molar-refractivity contribution in [3.05, 3.63) is 0 Å². The first-order valence-electron chi connectivity index (χ1n) is 5.54. The van der Waals surface area contributed by atoms with Gasteiger partial charge in [0.15, 0.2) is 0 Å². The second-order valence-electron chi connectivity index (χ2n) is 4.54. The molecule has 3 heteroatoms. The summed E-state index contributed by atoms with van der Waals surface area (Å²) in [5.41, 5.74) is 5.70. The van der Waals surface area contributed by atoms with E-state index in [2.05, 4.69) is 19.8 Å². The van der Waals surface area contributed by atoms with E-state index in [1.165, 1.54) is 0 Å². The fourth-order valence-corrected chi connectivity index (χ4v) is 1.91. The molecule has 0 saturated carbocycles. The minimum absolute atomic E-state index is 0.00620. The second-order valence-corrected chi connectivity index (χ2v) is 4.54. The molecule has 1 aliphatic heterocycles. The van der Waals surface area contributed by atoms with Gasteiger partial charge in [0.2, 0.25) is 5.91 Å². The van der Waals surface area contributed by atoms with Crippen LogP contribution in [0.2, 0.25) is 0 Å². The Morgan fingerprint density at radius 2 is 2.27 bits per heavy atom. The van der Waals surface area contributed by atoms with Gasteiger partial charge in [-0.05, 0) is 18.3 Å². The van der Waals surface area contributed by atoms with Crippen LogP contribution in [0.1, 0.15) is 26.7 Å². The smallest absolute Gasteiger partial charge is 0.240 e. The Morgan fingerprint density at radius 3 is 2.80 bits per heavy atom. The van der Waals surface area contributed by atoms with E-state index in [-0.39, 0.29) is 5.91 Å². The lowest BCUT2D eigenvalue weighted by atomic mass is 9.88. The van der Waals surface area contributed by atoms with Gasteiger partial charge < -0.3 is 10.6 Å². The minimum atomic E-state index is -0.518. The second kappa shape index (κ2) is 5.18. The molecule has 1 rings (SSSR count). The van der Waals surface area contributed by atoms with E-state index < -0.39 is 6.04 Å². The molecular formula is C12H20N2O. The molecule has 0 aliphatic carbocycles. The van der Waals surface area contributed by atoms with Gasteiger partial charge in [0, 0.05) is 19.5 Å². The third-order valence-corrected chi connectivity index (χ3v) is 3.30. The van der Waals surface area contributed by atoms with Crippen LogP contribution in [0, 0.1) is 24.2 Å². The average molecular weight is 208 g/mol. The molecule has 1 aliphatic rings. The van der Waals surface area contributed by atoms with Crippen LogP contribution in [0.4, 0.5) is 0 Å². The number of amides is 1. The summed E-state index contributed by atoms with van der Waals surface area (Å²) < 4.78 is 0. The first-order chi connectivity index (χ1) is 7.06. The monoisotopic (exact) mass is 208 g/mol. The Balaban J connectivity index is 2.51. The number of hydrogen-bond donors (Lipinski definition) is 1. The lowest BCUT2D eigenvalue weighted by Crippen LogP contribution is -2.49. The maximum Gasteiger partial charge on any atom is 0.240 e. The first kappa shape index (κ1) is 12.1. The lowest BCUT2D eigenvalue weighted by molar-refractivity contribution is -0.134. The normalized spacial score (nSPS) is 28.3. The van der Waals surface area contributed by atoms with Crippen molar-refractivity contribution in [3.63, 3.8) is 0 Å². The summed E-state index contributed by atoms with van der Waals surface area (Å²) in [4.78, 5) is 13.7. The van der Waals surface area contributed by atoms with Crippen molar-refractivity contribution < 1.29 is 4.79 Å². The highest BCUT2D eigenvalue weighted by molar-refractivity contribution is 5.82. The molecule has 3 unspecified atom stereocenters. The predicted octanol–water partition coefficient (Wildman–Crippen LogP) is 0.841. The molecule has 1 heterocycles. The summed E-state index contributed by atoms with van der Waals surface area (Å²) >= 11 is 0. The first-order valence-corrected chi connectivity index (χ1v) is 5.54. The van der Waals surface area contributed by atoms with Crippen LogP contribution in [0.3, 0.4) is 0 Å². The highest BCUT2D eigenvalue weighted by Gasteiger charge is 2.28. The molecule has 2 N–H and O–H groups in total. The summed E-state index contributed by atoms with van der Waals surface area (Å²) in [7, 11) is 0. The molecular weight excluding hydrogens is 188 g/mol. The Labute approximate surface area is 92.0 Å². The molecule has 84 valence electrons. The van der Waals surface area contributed by atoms with Crippen molar-refractivity contribution in [2.24, 2.45) is 17.6 Å².